The van der Waals surface area contributed by atoms with Crippen molar-refractivity contribution < 1.29 is 9.18 Å². The number of benzene rings is 1. The first-order chi connectivity index (χ1) is 9.63. The fourth-order valence-corrected chi connectivity index (χ4v) is 1.84. The molecule has 2 rings (SSSR count). The molecule has 1 amide bonds. The molecule has 0 bridgehead atoms. The molecule has 1 aromatic heterocycles. The highest BCUT2D eigenvalue weighted by atomic mass is 19.1. The number of nitrogens with two attached hydrogens (primary N) is 1. The molecule has 1 aromatic carbocycles. The van der Waals surface area contributed by atoms with E-state index in [0.29, 0.717) is 6.54 Å². The Labute approximate surface area is 116 Å². The number of nitrogens with one attached hydrogen (secondary N) is 1. The van der Waals surface area contributed by atoms with Gasteiger partial charge >= 0.3 is 0 Å². The van der Waals surface area contributed by atoms with E-state index in [9.17, 15) is 9.18 Å². The van der Waals surface area contributed by atoms with Crippen LogP contribution in [0, 0.1) is 5.82 Å². The van der Waals surface area contributed by atoms with Crippen molar-refractivity contribution in [3.63, 3.8) is 0 Å². The second kappa shape index (κ2) is 6.12. The van der Waals surface area contributed by atoms with Gasteiger partial charge < -0.3 is 10.3 Å². The lowest BCUT2D eigenvalue weighted by atomic mass is 10.2. The number of nitrogens with zero attached hydrogens (tertiary/aromatic N) is 2. The molecule has 6 heteroatoms. The van der Waals surface area contributed by atoms with E-state index in [1.807, 2.05) is 30.3 Å². The smallest absolute Gasteiger partial charge is 0.257 e. The molecule has 0 spiro atoms. The lowest BCUT2D eigenvalue weighted by Crippen LogP contribution is -2.27. The Kier molecular flexibility index (Phi) is 4.27. The van der Waals surface area contributed by atoms with Crippen LogP contribution in [0.3, 0.4) is 0 Å². The number of amides is 1. The van der Waals surface area contributed by atoms with Crippen LogP contribution >= 0.6 is 0 Å². The topological polar surface area (TPSA) is 71.2 Å². The van der Waals surface area contributed by atoms with E-state index in [4.69, 9.17) is 5.84 Å². The number of halogens is 1. The zero-order chi connectivity index (χ0) is 14.5. The predicted octanol–water partition coefficient (Wildman–Crippen LogP) is 1.78. The molecule has 2 aromatic rings. The number of pyridine rings is 1. The van der Waals surface area contributed by atoms with Crippen molar-refractivity contribution in [2.45, 2.75) is 6.54 Å². The molecule has 0 radical (unpaired) electrons. The molecule has 0 atom stereocenters. The Morgan fingerprint density at radius 1 is 1.35 bits per heavy atom. The molecule has 0 aliphatic heterocycles. The minimum atomic E-state index is -0.750. The molecule has 3 N–H and O–H groups in total. The van der Waals surface area contributed by atoms with Crippen molar-refractivity contribution in [3.05, 3.63) is 59.5 Å². The molecule has 0 saturated heterocycles. The van der Waals surface area contributed by atoms with Gasteiger partial charge in [-0.25, -0.2) is 15.2 Å². The third-order valence-corrected chi connectivity index (χ3v) is 2.87. The SMILES string of the molecule is CN(Cc1ccccc1)C(=O)c1ccnc(NN)c1F. The summed E-state index contributed by atoms with van der Waals surface area (Å²) in [5.41, 5.74) is 3.03. The summed E-state index contributed by atoms with van der Waals surface area (Å²) in [7, 11) is 1.62. The van der Waals surface area contributed by atoms with Gasteiger partial charge in [-0.1, -0.05) is 30.3 Å². The van der Waals surface area contributed by atoms with Gasteiger partial charge in [0.2, 0.25) is 0 Å². The molecule has 20 heavy (non-hydrogen) atoms. The number of rotatable bonds is 4. The molecule has 1 heterocycles. The lowest BCUT2D eigenvalue weighted by Gasteiger charge is -2.18. The number of aromatic nitrogens is 1. The Morgan fingerprint density at radius 2 is 2.05 bits per heavy atom. The zero-order valence-corrected chi connectivity index (χ0v) is 11.0. The molecule has 104 valence electrons. The maximum Gasteiger partial charge on any atom is 0.257 e. The van der Waals surface area contributed by atoms with E-state index in [1.54, 1.807) is 7.05 Å². The highest BCUT2D eigenvalue weighted by Crippen LogP contribution is 2.16. The van der Waals surface area contributed by atoms with Crippen LogP contribution in [-0.4, -0.2) is 22.8 Å². The number of hydrogen-bond donors (Lipinski definition) is 2. The van der Waals surface area contributed by atoms with Crippen LogP contribution in [0.25, 0.3) is 0 Å². The second-order valence-electron chi connectivity index (χ2n) is 4.31. The Morgan fingerprint density at radius 3 is 2.70 bits per heavy atom. The quantitative estimate of drug-likeness (QED) is 0.658. The molecule has 0 unspecified atom stereocenters. The molecule has 0 fully saturated rings. The Hall–Kier alpha value is -2.47. The summed E-state index contributed by atoms with van der Waals surface area (Å²) in [5, 5.41) is 0. The third-order valence-electron chi connectivity index (χ3n) is 2.87. The van der Waals surface area contributed by atoms with Gasteiger partial charge in [-0.15, -0.1) is 0 Å². The molecule has 0 aliphatic rings. The first kappa shape index (κ1) is 14.0. The van der Waals surface area contributed by atoms with Gasteiger partial charge in [0.1, 0.15) is 0 Å². The van der Waals surface area contributed by atoms with Crippen LogP contribution in [0.5, 0.6) is 0 Å². The van der Waals surface area contributed by atoms with Gasteiger partial charge in [-0.2, -0.15) is 0 Å². The molecule has 0 aliphatic carbocycles. The van der Waals surface area contributed by atoms with E-state index in [1.165, 1.54) is 17.2 Å². The van der Waals surface area contributed by atoms with E-state index in [2.05, 4.69) is 10.4 Å². The summed E-state index contributed by atoms with van der Waals surface area (Å²) in [6, 6.07) is 10.8. The average molecular weight is 274 g/mol. The molecule has 5 nitrogen and oxygen atoms in total. The number of carbonyl (C=O) groups excluding carboxylic acids is 1. The fourth-order valence-electron chi connectivity index (χ4n) is 1.84. The van der Waals surface area contributed by atoms with E-state index in [0.717, 1.165) is 5.56 Å². The number of anilines is 1. The van der Waals surface area contributed by atoms with Crippen molar-refractivity contribution in [1.29, 1.82) is 0 Å². The van der Waals surface area contributed by atoms with Crippen molar-refractivity contribution >= 4 is 11.7 Å². The van der Waals surface area contributed by atoms with Gasteiger partial charge in [-0.05, 0) is 11.6 Å². The summed E-state index contributed by atoms with van der Waals surface area (Å²) in [4.78, 5) is 17.4. The minimum Gasteiger partial charge on any atom is -0.337 e. The Bertz CT molecular complexity index is 603. The maximum absolute atomic E-state index is 14.0. The lowest BCUT2D eigenvalue weighted by molar-refractivity contribution is 0.0780. The van der Waals surface area contributed by atoms with Crippen molar-refractivity contribution in [2.75, 3.05) is 12.5 Å². The molecular formula is C14H15FN4O. The van der Waals surface area contributed by atoms with Crippen LogP contribution in [0.2, 0.25) is 0 Å². The number of hydrogen-bond acceptors (Lipinski definition) is 4. The van der Waals surface area contributed by atoms with Crippen molar-refractivity contribution in [2.24, 2.45) is 5.84 Å². The van der Waals surface area contributed by atoms with Gasteiger partial charge in [0.15, 0.2) is 11.6 Å². The summed E-state index contributed by atoms with van der Waals surface area (Å²) in [6.45, 7) is 0.396. The molecule has 0 saturated carbocycles. The fraction of sp³-hybridized carbons (Fsp3) is 0.143. The van der Waals surface area contributed by atoms with Gasteiger partial charge in [0, 0.05) is 19.8 Å². The summed E-state index contributed by atoms with van der Waals surface area (Å²) >= 11 is 0. The summed E-state index contributed by atoms with van der Waals surface area (Å²) in [5.74, 6) is 3.82. The first-order valence-electron chi connectivity index (χ1n) is 6.04. The van der Waals surface area contributed by atoms with Crippen LogP contribution < -0.4 is 11.3 Å². The monoisotopic (exact) mass is 274 g/mol. The number of carbonyl (C=O) groups is 1. The summed E-state index contributed by atoms with van der Waals surface area (Å²) < 4.78 is 14.0. The average Bonchev–Trinajstić information content (AvgIpc) is 2.48. The van der Waals surface area contributed by atoms with Crippen molar-refractivity contribution in [1.82, 2.24) is 9.88 Å². The first-order valence-corrected chi connectivity index (χ1v) is 6.04. The van der Waals surface area contributed by atoms with Crippen LogP contribution in [0.15, 0.2) is 42.6 Å². The number of hydrazine groups is 1. The van der Waals surface area contributed by atoms with Crippen LogP contribution in [0.4, 0.5) is 10.2 Å². The normalized spacial score (nSPS) is 10.2. The van der Waals surface area contributed by atoms with E-state index >= 15 is 0 Å². The maximum atomic E-state index is 14.0. The predicted molar refractivity (Wildman–Crippen MR) is 74.2 cm³/mol. The standard InChI is InChI=1S/C14H15FN4O/c1-19(9-10-5-3-2-4-6-10)14(20)11-7-8-17-13(18-16)12(11)15/h2-8H,9,16H2,1H3,(H,17,18). The van der Waals surface area contributed by atoms with Gasteiger partial charge in [0.25, 0.3) is 5.91 Å². The van der Waals surface area contributed by atoms with Gasteiger partial charge in [0.05, 0.1) is 5.56 Å². The van der Waals surface area contributed by atoms with Crippen molar-refractivity contribution in [3.8, 4) is 0 Å². The largest absolute Gasteiger partial charge is 0.337 e. The van der Waals surface area contributed by atoms with Gasteiger partial charge in [-0.3, -0.25) is 4.79 Å². The molecular weight excluding hydrogens is 259 g/mol. The van der Waals surface area contributed by atoms with Crippen LogP contribution in [0.1, 0.15) is 15.9 Å². The van der Waals surface area contributed by atoms with E-state index < -0.39 is 11.7 Å². The highest BCUT2D eigenvalue weighted by molar-refractivity contribution is 5.95. The number of nitrogen functional groups attached to an aromatic ring is 1. The Balaban J connectivity index is 2.19. The van der Waals surface area contributed by atoms with Crippen LogP contribution in [-0.2, 0) is 6.54 Å². The highest BCUT2D eigenvalue weighted by Gasteiger charge is 2.19. The third kappa shape index (κ3) is 2.92. The van der Waals surface area contributed by atoms with E-state index in [-0.39, 0.29) is 11.4 Å². The zero-order valence-electron chi connectivity index (χ0n) is 11.0. The summed E-state index contributed by atoms with van der Waals surface area (Å²) in [6.07, 6.45) is 1.34. The second-order valence-corrected chi connectivity index (χ2v) is 4.31. The minimum absolute atomic E-state index is 0.0635.